The molecule has 4 aromatic rings. The number of halogens is 3. The molecule has 2 heterocycles. The number of nitrogens with zero attached hydrogens (tertiary/aromatic N) is 5. The van der Waals surface area contributed by atoms with Crippen molar-refractivity contribution in [2.24, 2.45) is 0 Å². The number of fused-ring (bicyclic) bond motifs is 1. The van der Waals surface area contributed by atoms with Crippen molar-refractivity contribution >= 4 is 22.6 Å². The number of hydrogen-bond donors (Lipinski definition) is 0. The molecule has 0 atom stereocenters. The highest BCUT2D eigenvalue weighted by Crippen LogP contribution is 2.34. The number of nitro groups is 1. The van der Waals surface area contributed by atoms with Gasteiger partial charge in [0.15, 0.2) is 5.69 Å². The van der Waals surface area contributed by atoms with E-state index in [1.54, 1.807) is 6.92 Å². The minimum atomic E-state index is -4.54. The van der Waals surface area contributed by atoms with E-state index in [2.05, 4.69) is 15.3 Å². The first-order valence-corrected chi connectivity index (χ1v) is 9.54. The van der Waals surface area contributed by atoms with Gasteiger partial charge in [-0.3, -0.25) is 15.1 Å². The summed E-state index contributed by atoms with van der Waals surface area (Å²) in [7, 11) is 0. The van der Waals surface area contributed by atoms with E-state index in [9.17, 15) is 28.1 Å². The molecular weight excluding hydrogens is 443 g/mol. The Morgan fingerprint density at radius 2 is 1.88 bits per heavy atom. The summed E-state index contributed by atoms with van der Waals surface area (Å²) in [5.41, 5.74) is -0.273. The van der Waals surface area contributed by atoms with Gasteiger partial charge in [-0.25, -0.2) is 9.48 Å². The lowest BCUT2D eigenvalue weighted by molar-refractivity contribution is -0.384. The summed E-state index contributed by atoms with van der Waals surface area (Å²) in [5.74, 6) is -0.769. The predicted octanol–water partition coefficient (Wildman–Crippen LogP) is 4.59. The lowest BCUT2D eigenvalue weighted by Gasteiger charge is -2.12. The molecule has 0 saturated carbocycles. The van der Waals surface area contributed by atoms with Crippen LogP contribution in [0.25, 0.3) is 27.8 Å². The molecule has 0 radical (unpaired) electrons. The number of pyridine rings is 1. The van der Waals surface area contributed by atoms with E-state index in [0.29, 0.717) is 16.6 Å². The zero-order chi connectivity index (χ0) is 23.8. The third-order valence-corrected chi connectivity index (χ3v) is 4.77. The van der Waals surface area contributed by atoms with E-state index in [-0.39, 0.29) is 29.2 Å². The Balaban J connectivity index is 1.94. The van der Waals surface area contributed by atoms with Crippen LogP contribution in [0.5, 0.6) is 0 Å². The molecule has 0 aliphatic heterocycles. The zero-order valence-electron chi connectivity index (χ0n) is 16.9. The van der Waals surface area contributed by atoms with Crippen molar-refractivity contribution in [3.05, 3.63) is 76.1 Å². The van der Waals surface area contributed by atoms with Gasteiger partial charge in [0.1, 0.15) is 5.69 Å². The minimum absolute atomic E-state index is 0.0603. The number of aromatic nitrogens is 4. The fourth-order valence-corrected chi connectivity index (χ4v) is 3.28. The van der Waals surface area contributed by atoms with Gasteiger partial charge in [0.2, 0.25) is 0 Å². The smallest absolute Gasteiger partial charge is 0.416 e. The van der Waals surface area contributed by atoms with Crippen molar-refractivity contribution in [1.29, 1.82) is 0 Å². The van der Waals surface area contributed by atoms with Crippen LogP contribution in [0.4, 0.5) is 18.9 Å². The van der Waals surface area contributed by atoms with Crippen LogP contribution in [0.2, 0.25) is 0 Å². The quantitative estimate of drug-likeness (QED) is 0.245. The molecule has 168 valence electrons. The highest BCUT2D eigenvalue weighted by molar-refractivity contribution is 5.96. The van der Waals surface area contributed by atoms with E-state index >= 15 is 0 Å². The second kappa shape index (κ2) is 8.30. The lowest BCUT2D eigenvalue weighted by atomic mass is 10.1. The molecule has 4 rings (SSSR count). The maximum Gasteiger partial charge on any atom is 0.416 e. The molecule has 0 aliphatic rings. The van der Waals surface area contributed by atoms with Crippen molar-refractivity contribution in [3.63, 3.8) is 0 Å². The fraction of sp³-hybridized carbons (Fsp3) is 0.143. The van der Waals surface area contributed by atoms with Crippen LogP contribution in [-0.2, 0) is 10.9 Å². The number of carbonyl (C=O) groups excluding carboxylic acids is 1. The highest BCUT2D eigenvalue weighted by Gasteiger charge is 2.31. The number of rotatable bonds is 5. The van der Waals surface area contributed by atoms with Gasteiger partial charge < -0.3 is 4.74 Å². The maximum absolute atomic E-state index is 13.1. The molecule has 0 spiro atoms. The van der Waals surface area contributed by atoms with E-state index in [4.69, 9.17) is 4.74 Å². The summed E-state index contributed by atoms with van der Waals surface area (Å²) in [4.78, 5) is 26.9. The Hall–Kier alpha value is -4.35. The molecule has 33 heavy (non-hydrogen) atoms. The highest BCUT2D eigenvalue weighted by atomic mass is 19.4. The van der Waals surface area contributed by atoms with Crippen molar-refractivity contribution in [3.8, 4) is 16.9 Å². The number of alkyl halides is 3. The number of non-ortho nitro benzene ring substituents is 1. The molecule has 0 saturated heterocycles. The largest absolute Gasteiger partial charge is 0.461 e. The first kappa shape index (κ1) is 21.9. The van der Waals surface area contributed by atoms with E-state index in [1.165, 1.54) is 47.3 Å². The minimum Gasteiger partial charge on any atom is -0.461 e. The molecule has 0 fully saturated rings. The topological polar surface area (TPSA) is 113 Å². The van der Waals surface area contributed by atoms with E-state index in [0.717, 1.165) is 12.1 Å². The Morgan fingerprint density at radius 3 is 2.52 bits per heavy atom. The van der Waals surface area contributed by atoms with E-state index < -0.39 is 22.6 Å². The van der Waals surface area contributed by atoms with Gasteiger partial charge in [-0.1, -0.05) is 11.3 Å². The van der Waals surface area contributed by atoms with E-state index in [1.807, 2.05) is 0 Å². The molecule has 0 bridgehead atoms. The number of hydrogen-bond acceptors (Lipinski definition) is 7. The Labute approximate surface area is 183 Å². The number of ether oxygens (including phenoxy) is 1. The summed E-state index contributed by atoms with van der Waals surface area (Å²) in [6, 6.07) is 9.93. The number of nitro benzene ring substituents is 1. The summed E-state index contributed by atoms with van der Waals surface area (Å²) in [6.07, 6.45) is -3.23. The molecule has 0 N–H and O–H groups in total. The van der Waals surface area contributed by atoms with Crippen LogP contribution in [0.3, 0.4) is 0 Å². The maximum atomic E-state index is 13.1. The Bertz CT molecular complexity index is 1370. The lowest BCUT2D eigenvalue weighted by Crippen LogP contribution is -2.08. The fourth-order valence-electron chi connectivity index (χ4n) is 3.28. The second-order valence-electron chi connectivity index (χ2n) is 6.78. The monoisotopic (exact) mass is 457 g/mol. The van der Waals surface area contributed by atoms with Gasteiger partial charge in [-0.2, -0.15) is 13.2 Å². The zero-order valence-corrected chi connectivity index (χ0v) is 16.9. The van der Waals surface area contributed by atoms with Gasteiger partial charge in [0.25, 0.3) is 5.69 Å². The number of esters is 1. The van der Waals surface area contributed by atoms with Crippen LogP contribution in [0.1, 0.15) is 23.0 Å². The molecule has 0 unspecified atom stereocenters. The summed E-state index contributed by atoms with van der Waals surface area (Å²) in [5, 5.41) is 19.3. The van der Waals surface area contributed by atoms with Crippen molar-refractivity contribution in [2.75, 3.05) is 6.61 Å². The van der Waals surface area contributed by atoms with Crippen LogP contribution >= 0.6 is 0 Å². The van der Waals surface area contributed by atoms with Crippen molar-refractivity contribution in [2.45, 2.75) is 13.1 Å². The molecule has 9 nitrogen and oxygen atoms in total. The normalized spacial score (nSPS) is 11.5. The van der Waals surface area contributed by atoms with Crippen molar-refractivity contribution < 1.29 is 27.6 Å². The molecule has 0 amide bonds. The standard InChI is InChI=1S/C21H14F3N5O4/c1-2-33-20(30)18-19(12-3-6-14(7-4-12)29(31)32)28(27-26-18)17-9-10-25-16-11-13(21(22,23)24)5-8-15(16)17/h3-11H,2H2,1H3. The third kappa shape index (κ3) is 4.10. The number of benzene rings is 2. The molecule has 12 heteroatoms. The Kier molecular flexibility index (Phi) is 5.50. The van der Waals surface area contributed by atoms with Gasteiger partial charge in [-0.05, 0) is 37.3 Å². The summed E-state index contributed by atoms with van der Waals surface area (Å²) in [6.45, 7) is 1.69. The SMILES string of the molecule is CCOC(=O)c1nnn(-c2ccnc3cc(C(F)(F)F)ccc23)c1-c1ccc([N+](=O)[O-])cc1. The van der Waals surface area contributed by atoms with Gasteiger partial charge in [0.05, 0.1) is 28.3 Å². The third-order valence-electron chi connectivity index (χ3n) is 4.77. The molecule has 2 aromatic carbocycles. The van der Waals surface area contributed by atoms with Crippen molar-refractivity contribution in [1.82, 2.24) is 20.0 Å². The summed E-state index contributed by atoms with van der Waals surface area (Å²) < 4.78 is 45.7. The van der Waals surface area contributed by atoms with Crippen LogP contribution < -0.4 is 0 Å². The number of carbonyl (C=O) groups is 1. The van der Waals surface area contributed by atoms with Gasteiger partial charge in [0, 0.05) is 29.3 Å². The molecule has 0 aliphatic carbocycles. The first-order valence-electron chi connectivity index (χ1n) is 9.54. The average molecular weight is 457 g/mol. The van der Waals surface area contributed by atoms with Gasteiger partial charge >= 0.3 is 12.1 Å². The predicted molar refractivity (Wildman–Crippen MR) is 110 cm³/mol. The molecule has 2 aromatic heterocycles. The van der Waals surface area contributed by atoms with Crippen LogP contribution in [0, 0.1) is 10.1 Å². The van der Waals surface area contributed by atoms with Crippen LogP contribution in [-0.4, -0.2) is 37.5 Å². The average Bonchev–Trinajstić information content (AvgIpc) is 3.23. The van der Waals surface area contributed by atoms with Crippen LogP contribution in [0.15, 0.2) is 54.7 Å². The first-order chi connectivity index (χ1) is 15.7. The van der Waals surface area contributed by atoms with Gasteiger partial charge in [-0.15, -0.1) is 5.10 Å². The molecular formula is C21H14F3N5O4. The summed E-state index contributed by atoms with van der Waals surface area (Å²) >= 11 is 0. The Morgan fingerprint density at radius 1 is 1.15 bits per heavy atom. The second-order valence-corrected chi connectivity index (χ2v) is 6.78.